The number of nitrogens with zero attached hydrogens (tertiary/aromatic N) is 1. The minimum absolute atomic E-state index is 0.244. The summed E-state index contributed by atoms with van der Waals surface area (Å²) in [7, 11) is 0. The summed E-state index contributed by atoms with van der Waals surface area (Å²) in [6.45, 7) is 5.88. The number of benzene rings is 2. The quantitative estimate of drug-likeness (QED) is 0.412. The molecule has 2 aromatic rings. The van der Waals surface area contributed by atoms with Crippen LogP contribution in [0.4, 0.5) is 0 Å². The zero-order valence-electron chi connectivity index (χ0n) is 17.2. The summed E-state index contributed by atoms with van der Waals surface area (Å²) >= 11 is 0. The molecule has 3 heteroatoms. The van der Waals surface area contributed by atoms with Gasteiger partial charge < -0.3 is 4.74 Å². The highest BCUT2D eigenvalue weighted by molar-refractivity contribution is 5.81. The Bertz CT molecular complexity index is 866. The molecular formula is C26H29NO2. The minimum atomic E-state index is -0.417. The molecule has 0 heterocycles. The van der Waals surface area contributed by atoms with Gasteiger partial charge in [0, 0.05) is 6.08 Å². The van der Waals surface area contributed by atoms with Gasteiger partial charge in [-0.15, -0.1) is 0 Å². The Kier molecular flexibility index (Phi) is 6.88. The summed E-state index contributed by atoms with van der Waals surface area (Å²) in [5.74, 6) is 0.366. The fraction of sp³-hybridized carbons (Fsp3) is 0.385. The Hall–Kier alpha value is -2.86. The molecule has 3 rings (SSSR count). The largest absolute Gasteiger partial charge is 0.458 e. The molecule has 0 spiro atoms. The summed E-state index contributed by atoms with van der Waals surface area (Å²) in [4.78, 5) is 11.2. The molecule has 29 heavy (non-hydrogen) atoms. The van der Waals surface area contributed by atoms with Crippen molar-refractivity contribution in [1.82, 2.24) is 0 Å². The highest BCUT2D eigenvalue weighted by Crippen LogP contribution is 2.42. The number of carbonyl (C=O) groups excluding carboxylic acids is 1. The molecule has 0 atom stereocenters. The first kappa shape index (κ1) is 20.9. The Balaban J connectivity index is 1.69. The zero-order valence-corrected chi connectivity index (χ0v) is 17.2. The number of hydrogen-bond donors (Lipinski definition) is 0. The van der Waals surface area contributed by atoms with Crippen LogP contribution in [0.25, 0.3) is 11.1 Å². The third-order valence-corrected chi connectivity index (χ3v) is 6.14. The van der Waals surface area contributed by atoms with E-state index < -0.39 is 5.97 Å². The SMILES string of the molecule is C=CC(=O)OCc1ccc(-c2ccc(C3(C#N)CCC(CCC)CC3)cc2)cc1. The van der Waals surface area contributed by atoms with E-state index >= 15 is 0 Å². The van der Waals surface area contributed by atoms with Crippen molar-refractivity contribution in [2.24, 2.45) is 5.92 Å². The predicted octanol–water partition coefficient (Wildman–Crippen LogP) is 6.33. The van der Waals surface area contributed by atoms with Crippen LogP contribution < -0.4 is 0 Å². The molecule has 0 bridgehead atoms. The van der Waals surface area contributed by atoms with E-state index in [1.807, 2.05) is 24.3 Å². The second kappa shape index (κ2) is 9.56. The number of rotatable bonds is 7. The molecule has 0 N–H and O–H groups in total. The molecule has 0 radical (unpaired) electrons. The second-order valence-electron chi connectivity index (χ2n) is 8.01. The molecular weight excluding hydrogens is 358 g/mol. The number of hydrogen-bond acceptors (Lipinski definition) is 3. The van der Waals surface area contributed by atoms with Crippen molar-refractivity contribution in [2.45, 2.75) is 57.5 Å². The average Bonchev–Trinajstić information content (AvgIpc) is 2.79. The van der Waals surface area contributed by atoms with E-state index in [2.05, 4.69) is 43.8 Å². The molecule has 150 valence electrons. The first-order valence-electron chi connectivity index (χ1n) is 10.5. The Labute approximate surface area is 174 Å². The van der Waals surface area contributed by atoms with Crippen molar-refractivity contribution in [3.05, 3.63) is 72.3 Å². The predicted molar refractivity (Wildman–Crippen MR) is 116 cm³/mol. The highest BCUT2D eigenvalue weighted by Gasteiger charge is 2.36. The van der Waals surface area contributed by atoms with Crippen LogP contribution in [0.15, 0.2) is 61.2 Å². The normalized spacial score (nSPS) is 21.2. The van der Waals surface area contributed by atoms with Crippen molar-refractivity contribution in [2.75, 3.05) is 0 Å². The molecule has 1 saturated carbocycles. The average molecular weight is 388 g/mol. The van der Waals surface area contributed by atoms with Crippen LogP contribution in [-0.4, -0.2) is 5.97 Å². The monoisotopic (exact) mass is 387 g/mol. The maximum atomic E-state index is 11.2. The van der Waals surface area contributed by atoms with E-state index in [9.17, 15) is 10.1 Å². The van der Waals surface area contributed by atoms with Crippen LogP contribution in [-0.2, 0) is 21.6 Å². The molecule has 1 aliphatic rings. The first-order chi connectivity index (χ1) is 14.1. The fourth-order valence-corrected chi connectivity index (χ4v) is 4.32. The van der Waals surface area contributed by atoms with E-state index in [-0.39, 0.29) is 12.0 Å². The maximum Gasteiger partial charge on any atom is 0.330 e. The summed E-state index contributed by atoms with van der Waals surface area (Å²) in [5, 5.41) is 9.94. The van der Waals surface area contributed by atoms with E-state index in [4.69, 9.17) is 4.74 Å². The molecule has 3 nitrogen and oxygen atoms in total. The Morgan fingerprint density at radius 1 is 1.14 bits per heavy atom. The molecule has 2 aromatic carbocycles. The molecule has 1 aliphatic carbocycles. The van der Waals surface area contributed by atoms with Gasteiger partial charge in [-0.2, -0.15) is 5.26 Å². The third-order valence-electron chi connectivity index (χ3n) is 6.14. The lowest BCUT2D eigenvalue weighted by Crippen LogP contribution is -2.30. The smallest absolute Gasteiger partial charge is 0.330 e. The molecule has 1 fully saturated rings. The second-order valence-corrected chi connectivity index (χ2v) is 8.01. The number of ether oxygens (including phenoxy) is 1. The van der Waals surface area contributed by atoms with Gasteiger partial charge in [0.15, 0.2) is 0 Å². The standard InChI is InChI=1S/C26H29NO2/c1-3-5-20-14-16-26(19-27,17-15-20)24-12-10-23(11-13-24)22-8-6-21(7-9-22)18-29-25(28)4-2/h4,6-13,20H,2-3,5,14-18H2,1H3. The number of esters is 1. The topological polar surface area (TPSA) is 50.1 Å². The van der Waals surface area contributed by atoms with Gasteiger partial charge in [0.1, 0.15) is 6.61 Å². The van der Waals surface area contributed by atoms with Crippen LogP contribution in [0.2, 0.25) is 0 Å². The lowest BCUT2D eigenvalue weighted by molar-refractivity contribution is -0.138. The van der Waals surface area contributed by atoms with Gasteiger partial charge in [-0.05, 0) is 53.9 Å². The lowest BCUT2D eigenvalue weighted by atomic mass is 9.67. The van der Waals surface area contributed by atoms with Crippen LogP contribution in [0.5, 0.6) is 0 Å². The molecule has 0 unspecified atom stereocenters. The Morgan fingerprint density at radius 3 is 2.24 bits per heavy atom. The Morgan fingerprint density at radius 2 is 1.72 bits per heavy atom. The minimum Gasteiger partial charge on any atom is -0.458 e. The fourth-order valence-electron chi connectivity index (χ4n) is 4.32. The first-order valence-corrected chi connectivity index (χ1v) is 10.5. The van der Waals surface area contributed by atoms with Crippen molar-refractivity contribution < 1.29 is 9.53 Å². The van der Waals surface area contributed by atoms with Crippen LogP contribution >= 0.6 is 0 Å². The van der Waals surface area contributed by atoms with Crippen molar-refractivity contribution in [3.63, 3.8) is 0 Å². The van der Waals surface area contributed by atoms with Crippen molar-refractivity contribution >= 4 is 5.97 Å². The zero-order chi connectivity index (χ0) is 20.7. The molecule has 0 aromatic heterocycles. The summed E-state index contributed by atoms with van der Waals surface area (Å²) in [6.07, 6.45) is 7.91. The summed E-state index contributed by atoms with van der Waals surface area (Å²) in [5.41, 5.74) is 3.98. The molecule has 0 saturated heterocycles. The van der Waals surface area contributed by atoms with E-state index in [1.165, 1.54) is 18.9 Å². The van der Waals surface area contributed by atoms with Crippen LogP contribution in [0.3, 0.4) is 0 Å². The highest BCUT2D eigenvalue weighted by atomic mass is 16.5. The number of carbonyl (C=O) groups is 1. The van der Waals surface area contributed by atoms with Gasteiger partial charge in [0.05, 0.1) is 11.5 Å². The molecule has 0 aliphatic heterocycles. The molecule has 0 amide bonds. The van der Waals surface area contributed by atoms with E-state index in [1.54, 1.807) is 0 Å². The van der Waals surface area contributed by atoms with Gasteiger partial charge in [0.25, 0.3) is 0 Å². The third kappa shape index (κ3) is 4.95. The van der Waals surface area contributed by atoms with Crippen molar-refractivity contribution in [1.29, 1.82) is 5.26 Å². The van der Waals surface area contributed by atoms with E-state index in [0.29, 0.717) is 0 Å². The summed E-state index contributed by atoms with van der Waals surface area (Å²) < 4.78 is 5.06. The maximum absolute atomic E-state index is 11.2. The number of nitriles is 1. The van der Waals surface area contributed by atoms with Gasteiger partial charge in [-0.3, -0.25) is 0 Å². The van der Waals surface area contributed by atoms with Gasteiger partial charge in [0.2, 0.25) is 0 Å². The van der Waals surface area contributed by atoms with E-state index in [0.717, 1.165) is 53.9 Å². The lowest BCUT2D eigenvalue weighted by Gasteiger charge is -2.35. The van der Waals surface area contributed by atoms with Crippen LogP contribution in [0.1, 0.15) is 56.6 Å². The summed E-state index contributed by atoms with van der Waals surface area (Å²) in [6, 6.07) is 19.1. The van der Waals surface area contributed by atoms with Gasteiger partial charge >= 0.3 is 5.97 Å². The van der Waals surface area contributed by atoms with Gasteiger partial charge in [-0.1, -0.05) is 74.9 Å². The van der Waals surface area contributed by atoms with Crippen molar-refractivity contribution in [3.8, 4) is 17.2 Å². The van der Waals surface area contributed by atoms with Gasteiger partial charge in [-0.25, -0.2) is 4.79 Å². The van der Waals surface area contributed by atoms with Crippen LogP contribution in [0, 0.1) is 17.2 Å².